The minimum Gasteiger partial charge on any atom is -0.466 e. The standard InChI is InChI=1S/C13H20O4/c1-2-15-12(14)7-9-5-10-8-13(11(10)6-9)16-3-4-17-13/h9-11H,2-8H2,1H3. The van der Waals surface area contributed by atoms with Crippen molar-refractivity contribution in [3.05, 3.63) is 0 Å². The van der Waals surface area contributed by atoms with E-state index in [1.165, 1.54) is 0 Å². The van der Waals surface area contributed by atoms with Crippen molar-refractivity contribution in [2.24, 2.45) is 17.8 Å². The van der Waals surface area contributed by atoms with E-state index in [9.17, 15) is 4.79 Å². The molecule has 1 spiro atoms. The van der Waals surface area contributed by atoms with Crippen molar-refractivity contribution >= 4 is 5.97 Å². The SMILES string of the molecule is CCOC(=O)CC1CC2CC3(OCCO3)C2C1. The molecule has 4 heteroatoms. The normalized spacial score (nSPS) is 37.8. The zero-order valence-corrected chi connectivity index (χ0v) is 10.3. The first-order valence-corrected chi connectivity index (χ1v) is 6.67. The summed E-state index contributed by atoms with van der Waals surface area (Å²) >= 11 is 0. The maximum Gasteiger partial charge on any atom is 0.306 e. The van der Waals surface area contributed by atoms with Gasteiger partial charge in [-0.1, -0.05) is 0 Å². The van der Waals surface area contributed by atoms with E-state index in [1.807, 2.05) is 6.92 Å². The van der Waals surface area contributed by atoms with Crippen LogP contribution in [0.2, 0.25) is 0 Å². The molecule has 0 amide bonds. The predicted molar refractivity (Wildman–Crippen MR) is 60.2 cm³/mol. The van der Waals surface area contributed by atoms with Crippen LogP contribution >= 0.6 is 0 Å². The quantitative estimate of drug-likeness (QED) is 0.705. The van der Waals surface area contributed by atoms with Gasteiger partial charge in [-0.15, -0.1) is 0 Å². The molecule has 0 aromatic heterocycles. The molecule has 0 bridgehead atoms. The van der Waals surface area contributed by atoms with Gasteiger partial charge in [-0.25, -0.2) is 0 Å². The van der Waals surface area contributed by atoms with Crippen LogP contribution in [-0.2, 0) is 19.0 Å². The fourth-order valence-electron chi connectivity index (χ4n) is 3.79. The van der Waals surface area contributed by atoms with E-state index in [0.29, 0.717) is 30.8 Å². The number of ether oxygens (including phenoxy) is 3. The van der Waals surface area contributed by atoms with E-state index < -0.39 is 0 Å². The molecule has 0 aromatic carbocycles. The third kappa shape index (κ3) is 1.87. The maximum atomic E-state index is 11.5. The smallest absolute Gasteiger partial charge is 0.306 e. The summed E-state index contributed by atoms with van der Waals surface area (Å²) in [5.74, 6) is 1.36. The molecule has 17 heavy (non-hydrogen) atoms. The molecule has 1 aliphatic heterocycles. The number of carbonyl (C=O) groups is 1. The van der Waals surface area contributed by atoms with E-state index in [1.54, 1.807) is 0 Å². The van der Waals surface area contributed by atoms with Crippen molar-refractivity contribution in [2.45, 2.75) is 38.4 Å². The second-order valence-electron chi connectivity index (χ2n) is 5.43. The van der Waals surface area contributed by atoms with E-state index in [0.717, 1.165) is 32.5 Å². The lowest BCUT2D eigenvalue weighted by Gasteiger charge is -2.47. The van der Waals surface area contributed by atoms with Gasteiger partial charge in [0.1, 0.15) is 0 Å². The van der Waals surface area contributed by atoms with Crippen LogP contribution in [0.3, 0.4) is 0 Å². The fraction of sp³-hybridized carbons (Fsp3) is 0.923. The molecular weight excluding hydrogens is 220 g/mol. The Hall–Kier alpha value is -0.610. The molecule has 3 rings (SSSR count). The third-order valence-corrected chi connectivity index (χ3v) is 4.44. The lowest BCUT2D eigenvalue weighted by Crippen LogP contribution is -2.52. The summed E-state index contributed by atoms with van der Waals surface area (Å²) < 4.78 is 16.5. The topological polar surface area (TPSA) is 44.8 Å². The number of esters is 1. The first kappa shape index (κ1) is 11.5. The highest BCUT2D eigenvalue weighted by molar-refractivity contribution is 5.69. The van der Waals surface area contributed by atoms with Crippen LogP contribution in [-0.4, -0.2) is 31.6 Å². The second-order valence-corrected chi connectivity index (χ2v) is 5.43. The van der Waals surface area contributed by atoms with Crippen LogP contribution in [0.25, 0.3) is 0 Å². The summed E-state index contributed by atoms with van der Waals surface area (Å²) in [6.07, 6.45) is 3.79. The average molecular weight is 240 g/mol. The molecule has 3 unspecified atom stereocenters. The molecule has 96 valence electrons. The van der Waals surface area contributed by atoms with Gasteiger partial charge in [-0.2, -0.15) is 0 Å². The number of fused-ring (bicyclic) bond motifs is 2. The van der Waals surface area contributed by atoms with Gasteiger partial charge >= 0.3 is 5.97 Å². The Morgan fingerprint density at radius 2 is 2.12 bits per heavy atom. The van der Waals surface area contributed by atoms with Crippen LogP contribution in [0, 0.1) is 17.8 Å². The van der Waals surface area contributed by atoms with E-state index in [4.69, 9.17) is 14.2 Å². The molecule has 0 N–H and O–H groups in total. The summed E-state index contributed by atoms with van der Waals surface area (Å²) in [5, 5.41) is 0. The first-order valence-electron chi connectivity index (χ1n) is 6.67. The second kappa shape index (κ2) is 4.25. The molecule has 2 aliphatic carbocycles. The van der Waals surface area contributed by atoms with E-state index in [-0.39, 0.29) is 11.8 Å². The van der Waals surface area contributed by atoms with Gasteiger partial charge in [0.2, 0.25) is 0 Å². The molecule has 0 radical (unpaired) electrons. The highest BCUT2D eigenvalue weighted by atomic mass is 16.7. The molecule has 2 saturated carbocycles. The molecule has 4 nitrogen and oxygen atoms in total. The van der Waals surface area contributed by atoms with Crippen LogP contribution in [0.15, 0.2) is 0 Å². The monoisotopic (exact) mass is 240 g/mol. The summed E-state index contributed by atoms with van der Waals surface area (Å²) in [7, 11) is 0. The van der Waals surface area contributed by atoms with Crippen LogP contribution in [0.4, 0.5) is 0 Å². The number of carbonyl (C=O) groups excluding carboxylic acids is 1. The van der Waals surface area contributed by atoms with Crippen LogP contribution < -0.4 is 0 Å². The molecule has 1 heterocycles. The zero-order valence-electron chi connectivity index (χ0n) is 10.3. The summed E-state index contributed by atoms with van der Waals surface area (Å²) in [4.78, 5) is 11.5. The number of hydrogen-bond donors (Lipinski definition) is 0. The van der Waals surface area contributed by atoms with Gasteiger partial charge in [-0.05, 0) is 31.6 Å². The van der Waals surface area contributed by atoms with Crippen LogP contribution in [0.1, 0.15) is 32.6 Å². The lowest BCUT2D eigenvalue weighted by atomic mass is 9.70. The van der Waals surface area contributed by atoms with Crippen molar-refractivity contribution in [3.8, 4) is 0 Å². The number of rotatable bonds is 3. The minimum atomic E-state index is -0.270. The summed E-state index contributed by atoms with van der Waals surface area (Å²) in [6, 6.07) is 0. The van der Waals surface area contributed by atoms with Crippen molar-refractivity contribution in [1.82, 2.24) is 0 Å². The number of hydrogen-bond acceptors (Lipinski definition) is 4. The van der Waals surface area contributed by atoms with E-state index in [2.05, 4.69) is 0 Å². The molecular formula is C13H20O4. The maximum absolute atomic E-state index is 11.5. The zero-order chi connectivity index (χ0) is 11.9. The van der Waals surface area contributed by atoms with Gasteiger partial charge < -0.3 is 14.2 Å². The van der Waals surface area contributed by atoms with Crippen LogP contribution in [0.5, 0.6) is 0 Å². The van der Waals surface area contributed by atoms with E-state index >= 15 is 0 Å². The Kier molecular flexibility index (Phi) is 2.87. The van der Waals surface area contributed by atoms with Crippen molar-refractivity contribution in [3.63, 3.8) is 0 Å². The Morgan fingerprint density at radius 3 is 2.82 bits per heavy atom. The molecule has 3 aliphatic rings. The fourth-order valence-corrected chi connectivity index (χ4v) is 3.79. The average Bonchev–Trinajstić information content (AvgIpc) is 2.85. The highest BCUT2D eigenvalue weighted by Crippen LogP contribution is 2.59. The summed E-state index contributed by atoms with van der Waals surface area (Å²) in [5.41, 5.74) is 0. The largest absolute Gasteiger partial charge is 0.466 e. The highest BCUT2D eigenvalue weighted by Gasteiger charge is 2.61. The minimum absolute atomic E-state index is 0.0545. The predicted octanol–water partition coefficient (Wildman–Crippen LogP) is 1.73. The Labute approximate surface area is 102 Å². The van der Waals surface area contributed by atoms with Gasteiger partial charge in [0.15, 0.2) is 5.79 Å². The third-order valence-electron chi connectivity index (χ3n) is 4.44. The molecule has 0 aromatic rings. The van der Waals surface area contributed by atoms with Gasteiger partial charge in [0.25, 0.3) is 0 Å². The Bertz CT molecular complexity index is 309. The molecule has 1 saturated heterocycles. The first-order chi connectivity index (χ1) is 8.23. The van der Waals surface area contributed by atoms with Crippen molar-refractivity contribution in [1.29, 1.82) is 0 Å². The van der Waals surface area contributed by atoms with Crippen molar-refractivity contribution in [2.75, 3.05) is 19.8 Å². The molecule has 3 fully saturated rings. The van der Waals surface area contributed by atoms with Gasteiger partial charge in [0, 0.05) is 18.8 Å². The van der Waals surface area contributed by atoms with Gasteiger partial charge in [0.05, 0.1) is 19.8 Å². The Morgan fingerprint density at radius 1 is 1.35 bits per heavy atom. The Balaban J connectivity index is 1.54. The molecule has 3 atom stereocenters. The summed E-state index contributed by atoms with van der Waals surface area (Å²) in [6.45, 7) is 3.79. The van der Waals surface area contributed by atoms with Gasteiger partial charge in [-0.3, -0.25) is 4.79 Å². The van der Waals surface area contributed by atoms with Crippen molar-refractivity contribution < 1.29 is 19.0 Å². The lowest BCUT2D eigenvalue weighted by molar-refractivity contribution is -0.267.